The first-order valence-corrected chi connectivity index (χ1v) is 11.6. The molecule has 6 heteroatoms. The molecule has 0 bridgehead atoms. The van der Waals surface area contributed by atoms with Crippen molar-refractivity contribution >= 4 is 35.1 Å². The van der Waals surface area contributed by atoms with Crippen LogP contribution in [0.25, 0.3) is 0 Å². The van der Waals surface area contributed by atoms with E-state index in [0.717, 1.165) is 5.56 Å². The number of amides is 1. The van der Waals surface area contributed by atoms with Crippen molar-refractivity contribution in [1.82, 2.24) is 10.6 Å². The summed E-state index contributed by atoms with van der Waals surface area (Å²) >= 11 is 7.51. The van der Waals surface area contributed by atoms with E-state index in [2.05, 4.69) is 17.2 Å². The first kappa shape index (κ1) is 24.8. The molecule has 0 saturated carbocycles. The average molecular weight is 457 g/mol. The molecule has 2 atom stereocenters. The van der Waals surface area contributed by atoms with E-state index >= 15 is 0 Å². The van der Waals surface area contributed by atoms with Crippen molar-refractivity contribution in [3.8, 4) is 0 Å². The quantitative estimate of drug-likeness (QED) is 0.373. The molecule has 31 heavy (non-hydrogen) atoms. The molecule has 0 heterocycles. The minimum Gasteiger partial charge on any atom is -0.379 e. The van der Waals surface area contributed by atoms with Gasteiger partial charge in [0.1, 0.15) is 6.04 Å². The third kappa shape index (κ3) is 6.74. The van der Waals surface area contributed by atoms with Gasteiger partial charge >= 0.3 is 0 Å². The van der Waals surface area contributed by atoms with Crippen molar-refractivity contribution in [2.75, 3.05) is 6.26 Å². The summed E-state index contributed by atoms with van der Waals surface area (Å²) in [5, 5.41) is 6.40. The van der Waals surface area contributed by atoms with Gasteiger partial charge in [-0.25, -0.2) is 0 Å². The molecule has 0 fully saturated rings. The molecule has 164 valence electrons. The molecule has 2 N–H and O–H groups in total. The van der Waals surface area contributed by atoms with Gasteiger partial charge in [0.2, 0.25) is 5.91 Å². The van der Waals surface area contributed by atoms with Crippen LogP contribution in [0.3, 0.4) is 0 Å². The third-order valence-corrected chi connectivity index (χ3v) is 6.16. The summed E-state index contributed by atoms with van der Waals surface area (Å²) in [6.45, 7) is 9.40. The number of halogens is 1. The number of rotatable bonds is 10. The van der Waals surface area contributed by atoms with Crippen LogP contribution in [0.1, 0.15) is 36.7 Å². The molecule has 2 unspecified atom stereocenters. The van der Waals surface area contributed by atoms with Crippen LogP contribution in [0.15, 0.2) is 79.0 Å². The van der Waals surface area contributed by atoms with Crippen LogP contribution in [0.2, 0.25) is 5.02 Å². The number of ketones is 1. The molecule has 2 rings (SSSR count). The summed E-state index contributed by atoms with van der Waals surface area (Å²) in [5.74, 6) is -0.295. The highest BCUT2D eigenvalue weighted by Gasteiger charge is 2.31. The number of hydrogen-bond acceptors (Lipinski definition) is 4. The maximum absolute atomic E-state index is 13.2. The Balaban J connectivity index is 2.25. The van der Waals surface area contributed by atoms with Gasteiger partial charge in [0.25, 0.3) is 0 Å². The maximum Gasteiger partial charge on any atom is 0.244 e. The van der Waals surface area contributed by atoms with Crippen molar-refractivity contribution in [3.05, 3.63) is 95.2 Å². The molecule has 0 aliphatic carbocycles. The third-order valence-electron chi connectivity index (χ3n) is 4.97. The van der Waals surface area contributed by atoms with Crippen LogP contribution in [-0.4, -0.2) is 29.2 Å². The Morgan fingerprint density at radius 3 is 2.39 bits per heavy atom. The number of allylic oxidation sites excluding steroid dienone is 1. The fourth-order valence-corrected chi connectivity index (χ4v) is 4.24. The summed E-state index contributed by atoms with van der Waals surface area (Å²) in [6, 6.07) is 16.0. The lowest BCUT2D eigenvalue weighted by Gasteiger charge is -2.31. The van der Waals surface area contributed by atoms with Crippen LogP contribution in [-0.2, 0) is 10.3 Å². The van der Waals surface area contributed by atoms with Gasteiger partial charge < -0.3 is 10.6 Å². The number of Topliss-reactive ketones (excluding diaryl/α,β-unsaturated/α-hetero) is 1. The van der Waals surface area contributed by atoms with Gasteiger partial charge in [-0.1, -0.05) is 66.7 Å². The SMILES string of the molecule is C=CNC(C(=O)NC(C)(C)c1ccccc1)C(/C=C(/C)C(=O)c1cccc(Cl)c1)SC. The van der Waals surface area contributed by atoms with Crippen LogP contribution in [0.5, 0.6) is 0 Å². The van der Waals surface area contributed by atoms with E-state index < -0.39 is 11.6 Å². The van der Waals surface area contributed by atoms with Crippen molar-refractivity contribution in [2.24, 2.45) is 0 Å². The Bertz CT molecular complexity index is 957. The molecule has 4 nitrogen and oxygen atoms in total. The summed E-state index contributed by atoms with van der Waals surface area (Å²) in [7, 11) is 0. The first-order chi connectivity index (χ1) is 14.7. The number of carbonyl (C=O) groups excluding carboxylic acids is 2. The second-order valence-corrected chi connectivity index (χ2v) is 9.17. The summed E-state index contributed by atoms with van der Waals surface area (Å²) < 4.78 is 0. The lowest BCUT2D eigenvalue weighted by Crippen LogP contribution is -2.53. The predicted octanol–water partition coefficient (Wildman–Crippen LogP) is 5.35. The Kier molecular flexibility index (Phi) is 8.96. The lowest BCUT2D eigenvalue weighted by atomic mass is 9.93. The maximum atomic E-state index is 13.2. The van der Waals surface area contributed by atoms with Gasteiger partial charge in [-0.05, 0) is 56.5 Å². The molecule has 0 aliphatic heterocycles. The van der Waals surface area contributed by atoms with Gasteiger partial charge in [0.05, 0.1) is 10.8 Å². The second-order valence-electron chi connectivity index (χ2n) is 7.72. The minimum atomic E-state index is -0.599. The normalized spacial score (nSPS) is 13.8. The number of nitrogens with one attached hydrogen (secondary N) is 2. The fourth-order valence-electron chi connectivity index (χ4n) is 3.24. The number of thioether (sulfide) groups is 1. The van der Waals surface area contributed by atoms with E-state index in [1.54, 1.807) is 31.2 Å². The Morgan fingerprint density at radius 2 is 1.81 bits per heavy atom. The minimum absolute atomic E-state index is 0.121. The van der Waals surface area contributed by atoms with Gasteiger partial charge in [-0.15, -0.1) is 0 Å². The van der Waals surface area contributed by atoms with E-state index in [0.29, 0.717) is 16.2 Å². The van der Waals surface area contributed by atoms with Gasteiger partial charge in [-0.2, -0.15) is 11.8 Å². The van der Waals surface area contributed by atoms with E-state index in [1.165, 1.54) is 18.0 Å². The Morgan fingerprint density at radius 1 is 1.13 bits per heavy atom. The molecule has 0 saturated heterocycles. The fraction of sp³-hybridized carbons (Fsp3) is 0.280. The predicted molar refractivity (Wildman–Crippen MR) is 132 cm³/mol. The standard InChI is InChI=1S/C25H29ClN2O2S/c1-6-27-22(24(30)28-25(3,4)19-12-8-7-9-13-19)21(31-5)15-17(2)23(29)18-11-10-14-20(26)16-18/h6-16,21-22,27H,1H2,2-5H3,(H,28,30)/b17-15-. The molecular weight excluding hydrogens is 428 g/mol. The summed E-state index contributed by atoms with van der Waals surface area (Å²) in [6.07, 6.45) is 5.24. The van der Waals surface area contributed by atoms with Crippen LogP contribution in [0, 0.1) is 0 Å². The molecule has 0 radical (unpaired) electrons. The van der Waals surface area contributed by atoms with Gasteiger partial charge in [0, 0.05) is 10.6 Å². The average Bonchev–Trinajstić information content (AvgIpc) is 2.75. The highest BCUT2D eigenvalue weighted by Crippen LogP contribution is 2.23. The molecule has 2 aromatic carbocycles. The van der Waals surface area contributed by atoms with E-state index in [-0.39, 0.29) is 16.9 Å². The molecule has 1 amide bonds. The van der Waals surface area contributed by atoms with Gasteiger partial charge in [0.15, 0.2) is 5.78 Å². The zero-order chi connectivity index (χ0) is 23.0. The number of hydrogen-bond donors (Lipinski definition) is 2. The topological polar surface area (TPSA) is 58.2 Å². The Labute approximate surface area is 194 Å². The molecule has 0 aromatic heterocycles. The summed E-state index contributed by atoms with van der Waals surface area (Å²) in [5.41, 5.74) is 1.51. The smallest absolute Gasteiger partial charge is 0.244 e. The first-order valence-electron chi connectivity index (χ1n) is 9.95. The zero-order valence-corrected chi connectivity index (χ0v) is 19.9. The molecule has 0 aliphatic rings. The number of carbonyl (C=O) groups is 2. The van der Waals surface area contributed by atoms with Crippen molar-refractivity contribution in [1.29, 1.82) is 0 Å². The molecule has 0 spiro atoms. The van der Waals surface area contributed by atoms with Crippen molar-refractivity contribution in [2.45, 2.75) is 37.6 Å². The number of benzene rings is 2. The lowest BCUT2D eigenvalue weighted by molar-refractivity contribution is -0.124. The second kappa shape index (κ2) is 11.2. The van der Waals surface area contributed by atoms with Crippen LogP contribution >= 0.6 is 23.4 Å². The highest BCUT2D eigenvalue weighted by molar-refractivity contribution is 7.99. The van der Waals surface area contributed by atoms with Crippen molar-refractivity contribution < 1.29 is 9.59 Å². The van der Waals surface area contributed by atoms with E-state index in [1.807, 2.05) is 56.5 Å². The zero-order valence-electron chi connectivity index (χ0n) is 18.3. The van der Waals surface area contributed by atoms with E-state index in [9.17, 15) is 9.59 Å². The van der Waals surface area contributed by atoms with Crippen molar-refractivity contribution in [3.63, 3.8) is 0 Å². The van der Waals surface area contributed by atoms with Crippen LogP contribution in [0.4, 0.5) is 0 Å². The molecule has 2 aromatic rings. The highest BCUT2D eigenvalue weighted by atomic mass is 35.5. The monoisotopic (exact) mass is 456 g/mol. The largest absolute Gasteiger partial charge is 0.379 e. The Hall–Kier alpha value is -2.50. The van der Waals surface area contributed by atoms with Gasteiger partial charge in [-0.3, -0.25) is 9.59 Å². The molecular formula is C25H29ClN2O2S. The summed E-state index contributed by atoms with van der Waals surface area (Å²) in [4.78, 5) is 26.1. The van der Waals surface area contributed by atoms with Crippen LogP contribution < -0.4 is 10.6 Å². The van der Waals surface area contributed by atoms with E-state index in [4.69, 9.17) is 11.6 Å².